The van der Waals surface area contributed by atoms with Crippen molar-refractivity contribution in [2.45, 2.75) is 70.3 Å². The summed E-state index contributed by atoms with van der Waals surface area (Å²) in [4.78, 5) is 23.7. The first kappa shape index (κ1) is 15.3. The van der Waals surface area contributed by atoms with Gasteiger partial charge >= 0.3 is 0 Å². The van der Waals surface area contributed by atoms with Crippen LogP contribution in [-0.4, -0.2) is 23.8 Å². The van der Waals surface area contributed by atoms with E-state index in [9.17, 15) is 9.59 Å². The molecule has 6 atom stereocenters. The van der Waals surface area contributed by atoms with Crippen molar-refractivity contribution in [2.75, 3.05) is 6.61 Å². The van der Waals surface area contributed by atoms with Gasteiger partial charge in [0.25, 0.3) is 0 Å². The molecule has 1 saturated heterocycles. The lowest BCUT2D eigenvalue weighted by atomic mass is 9.50. The lowest BCUT2D eigenvalue weighted by Gasteiger charge is -2.55. The minimum absolute atomic E-state index is 0.154. The molecule has 4 aliphatic carbocycles. The molecular weight excluding hydrogens is 300 g/mol. The van der Waals surface area contributed by atoms with E-state index >= 15 is 0 Å². The van der Waals surface area contributed by atoms with Crippen molar-refractivity contribution in [1.82, 2.24) is 0 Å². The van der Waals surface area contributed by atoms with Crippen LogP contribution < -0.4 is 0 Å². The zero-order chi connectivity index (χ0) is 16.5. The summed E-state index contributed by atoms with van der Waals surface area (Å²) in [6, 6.07) is 0. The van der Waals surface area contributed by atoms with Crippen molar-refractivity contribution >= 4 is 11.6 Å². The van der Waals surface area contributed by atoms with Crippen molar-refractivity contribution in [2.24, 2.45) is 29.1 Å². The first-order chi connectivity index (χ1) is 11.5. The van der Waals surface area contributed by atoms with Crippen LogP contribution in [0.5, 0.6) is 0 Å². The van der Waals surface area contributed by atoms with Crippen LogP contribution in [0.15, 0.2) is 11.6 Å². The number of Topliss-reactive ketones (excluding diaryl/α,β-unsaturated/α-hetero) is 1. The number of fused-ring (bicyclic) bond motifs is 6. The molecule has 1 unspecified atom stereocenters. The Bertz CT molecular complexity index is 635. The standard InChI is InChI=1S/C21H28O3/c1-20-8-6-17-16-5-3-14(22)10-13(16)2-4-18(17)19(20)7-9-21(20)11-15(23)12-24-21/h10,16-19H,2-9,11-12H2,1H3/t16-,17+,18+,19-,20-,21?/m0/s1. The molecule has 3 saturated carbocycles. The molecule has 0 aromatic heterocycles. The molecule has 0 bridgehead atoms. The van der Waals surface area contributed by atoms with Gasteiger partial charge in [-0.3, -0.25) is 9.59 Å². The molecule has 130 valence electrons. The molecule has 0 aromatic carbocycles. The van der Waals surface area contributed by atoms with Gasteiger partial charge in [-0.05, 0) is 74.7 Å². The van der Waals surface area contributed by atoms with E-state index in [-0.39, 0.29) is 11.0 Å². The topological polar surface area (TPSA) is 43.4 Å². The number of carbonyl (C=O) groups excluding carboxylic acids is 2. The predicted octanol–water partition coefficient (Wildman–Crippen LogP) is 3.86. The second-order valence-electron chi connectivity index (χ2n) is 9.30. The van der Waals surface area contributed by atoms with Gasteiger partial charge in [0.05, 0.1) is 5.60 Å². The quantitative estimate of drug-likeness (QED) is 0.678. The Balaban J connectivity index is 1.45. The highest BCUT2D eigenvalue weighted by Gasteiger charge is 2.65. The lowest BCUT2D eigenvalue weighted by molar-refractivity contribution is -0.128. The zero-order valence-corrected chi connectivity index (χ0v) is 14.7. The lowest BCUT2D eigenvalue weighted by Crippen LogP contribution is -2.52. The van der Waals surface area contributed by atoms with Crippen LogP contribution in [0, 0.1) is 29.1 Å². The highest BCUT2D eigenvalue weighted by molar-refractivity contribution is 5.91. The van der Waals surface area contributed by atoms with E-state index in [1.807, 2.05) is 6.08 Å². The minimum Gasteiger partial charge on any atom is -0.366 e. The summed E-state index contributed by atoms with van der Waals surface area (Å²) in [7, 11) is 0. The molecule has 0 N–H and O–H groups in total. The van der Waals surface area contributed by atoms with Gasteiger partial charge in [-0.15, -0.1) is 0 Å². The number of ether oxygens (including phenoxy) is 1. The van der Waals surface area contributed by atoms with Gasteiger partial charge < -0.3 is 4.74 Å². The number of rotatable bonds is 0. The van der Waals surface area contributed by atoms with Crippen molar-refractivity contribution in [3.63, 3.8) is 0 Å². The van der Waals surface area contributed by atoms with Gasteiger partial charge in [-0.25, -0.2) is 0 Å². The van der Waals surface area contributed by atoms with Gasteiger partial charge in [0.1, 0.15) is 6.61 Å². The predicted molar refractivity (Wildman–Crippen MR) is 90.4 cm³/mol. The number of hydrogen-bond acceptors (Lipinski definition) is 3. The maximum absolute atomic E-state index is 12.0. The Hall–Kier alpha value is -0.960. The fourth-order valence-electron chi connectivity index (χ4n) is 7.44. The Morgan fingerprint density at radius 1 is 1.04 bits per heavy atom. The molecule has 0 aromatic rings. The highest BCUT2D eigenvalue weighted by atomic mass is 16.5. The van der Waals surface area contributed by atoms with E-state index in [1.54, 1.807) is 0 Å². The second kappa shape index (κ2) is 5.03. The van der Waals surface area contributed by atoms with E-state index in [0.717, 1.165) is 37.5 Å². The van der Waals surface area contributed by atoms with Gasteiger partial charge in [0, 0.05) is 18.3 Å². The van der Waals surface area contributed by atoms with Crippen LogP contribution in [0.4, 0.5) is 0 Å². The molecule has 1 aliphatic heterocycles. The monoisotopic (exact) mass is 328 g/mol. The number of ketones is 2. The summed E-state index contributed by atoms with van der Waals surface area (Å²) in [6.07, 6.45) is 11.6. The van der Waals surface area contributed by atoms with Crippen molar-refractivity contribution in [1.29, 1.82) is 0 Å². The summed E-state index contributed by atoms with van der Waals surface area (Å²) in [5.41, 5.74) is 1.49. The van der Waals surface area contributed by atoms with Crippen LogP contribution in [0.25, 0.3) is 0 Å². The molecule has 24 heavy (non-hydrogen) atoms. The number of carbonyl (C=O) groups is 2. The van der Waals surface area contributed by atoms with Crippen LogP contribution in [0.3, 0.4) is 0 Å². The number of allylic oxidation sites excluding steroid dienone is 1. The maximum atomic E-state index is 12.0. The third-order valence-corrected chi connectivity index (χ3v) is 8.58. The Morgan fingerprint density at radius 3 is 2.71 bits per heavy atom. The molecule has 0 radical (unpaired) electrons. The third-order valence-electron chi connectivity index (χ3n) is 8.58. The fourth-order valence-corrected chi connectivity index (χ4v) is 7.44. The van der Waals surface area contributed by atoms with Crippen molar-refractivity contribution < 1.29 is 14.3 Å². The molecule has 5 aliphatic rings. The molecular formula is C21H28O3. The Morgan fingerprint density at radius 2 is 1.92 bits per heavy atom. The van der Waals surface area contributed by atoms with Crippen molar-refractivity contribution in [3.8, 4) is 0 Å². The molecule has 1 spiro atoms. The fraction of sp³-hybridized carbons (Fsp3) is 0.810. The van der Waals surface area contributed by atoms with E-state index in [2.05, 4.69) is 6.92 Å². The van der Waals surface area contributed by atoms with E-state index in [0.29, 0.717) is 36.4 Å². The average molecular weight is 328 g/mol. The van der Waals surface area contributed by atoms with E-state index in [4.69, 9.17) is 4.74 Å². The third kappa shape index (κ3) is 1.88. The number of hydrogen-bond donors (Lipinski definition) is 0. The smallest absolute Gasteiger partial charge is 0.161 e. The molecule has 3 heteroatoms. The van der Waals surface area contributed by atoms with Crippen molar-refractivity contribution in [3.05, 3.63) is 11.6 Å². The summed E-state index contributed by atoms with van der Waals surface area (Å²) < 4.78 is 6.18. The van der Waals surface area contributed by atoms with Gasteiger partial charge in [0.15, 0.2) is 11.6 Å². The van der Waals surface area contributed by atoms with Gasteiger partial charge in [-0.1, -0.05) is 12.5 Å². The van der Waals surface area contributed by atoms with Gasteiger partial charge in [0.2, 0.25) is 0 Å². The Kier molecular flexibility index (Phi) is 3.21. The zero-order valence-electron chi connectivity index (χ0n) is 14.7. The van der Waals surface area contributed by atoms with Gasteiger partial charge in [-0.2, -0.15) is 0 Å². The average Bonchev–Trinajstić information content (AvgIpc) is 3.08. The second-order valence-corrected chi connectivity index (χ2v) is 9.30. The van der Waals surface area contributed by atoms with Crippen LogP contribution in [-0.2, 0) is 14.3 Å². The SMILES string of the molecule is C[C@]12CC[C@H]3[C@@H](CCC4=CC(=O)CC[C@@H]43)[C@@H]1CCC21CC(=O)CO1. The maximum Gasteiger partial charge on any atom is 0.161 e. The highest BCUT2D eigenvalue weighted by Crippen LogP contribution is 2.67. The normalized spacial score (nSPS) is 50.5. The summed E-state index contributed by atoms with van der Waals surface area (Å²) in [6.45, 7) is 2.77. The Labute approximate surface area is 144 Å². The first-order valence-corrected chi connectivity index (χ1v) is 9.91. The summed E-state index contributed by atoms with van der Waals surface area (Å²) >= 11 is 0. The van der Waals surface area contributed by atoms with Crippen LogP contribution >= 0.6 is 0 Å². The molecule has 3 nitrogen and oxygen atoms in total. The summed E-state index contributed by atoms with van der Waals surface area (Å²) in [5, 5.41) is 0. The molecule has 1 heterocycles. The van der Waals surface area contributed by atoms with Crippen LogP contribution in [0.1, 0.15) is 64.7 Å². The summed E-state index contributed by atoms with van der Waals surface area (Å²) in [5.74, 6) is 3.56. The molecule has 4 fully saturated rings. The minimum atomic E-state index is -0.154. The first-order valence-electron chi connectivity index (χ1n) is 9.91. The van der Waals surface area contributed by atoms with E-state index < -0.39 is 0 Å². The largest absolute Gasteiger partial charge is 0.366 e. The van der Waals surface area contributed by atoms with Crippen LogP contribution in [0.2, 0.25) is 0 Å². The molecule has 5 rings (SSSR count). The molecule has 0 amide bonds. The van der Waals surface area contributed by atoms with E-state index in [1.165, 1.54) is 31.3 Å².